The third-order valence-electron chi connectivity index (χ3n) is 3.50. The smallest absolute Gasteiger partial charge is 0.137 e. The van der Waals surface area contributed by atoms with Crippen molar-refractivity contribution in [3.63, 3.8) is 0 Å². The van der Waals surface area contributed by atoms with Gasteiger partial charge in [0.15, 0.2) is 0 Å². The maximum absolute atomic E-state index is 13.8. The monoisotopic (exact) mass is 299 g/mol. The zero-order valence-electron chi connectivity index (χ0n) is 11.4. The van der Waals surface area contributed by atoms with Crippen LogP contribution in [-0.4, -0.2) is 18.1 Å². The Labute approximate surface area is 127 Å². The minimum Gasteiger partial charge on any atom is -0.370 e. The van der Waals surface area contributed by atoms with E-state index in [1.807, 2.05) is 6.07 Å². The third kappa shape index (κ3) is 2.86. The Morgan fingerprint density at radius 2 is 1.95 bits per heavy atom. The fourth-order valence-electron chi connectivity index (χ4n) is 2.47. The highest BCUT2D eigenvalue weighted by atomic mass is 32.2. The second-order valence-corrected chi connectivity index (χ2v) is 5.88. The van der Waals surface area contributed by atoms with Crippen LogP contribution in [0.1, 0.15) is 18.4 Å². The second kappa shape index (κ2) is 6.15. The fraction of sp³-hybridized carbons (Fsp3) is 0.250. The maximum Gasteiger partial charge on any atom is 0.137 e. The van der Waals surface area contributed by atoms with Crippen molar-refractivity contribution < 1.29 is 4.39 Å². The predicted octanol–water partition coefficient (Wildman–Crippen LogP) is 3.84. The second-order valence-electron chi connectivity index (χ2n) is 4.85. The van der Waals surface area contributed by atoms with Gasteiger partial charge in [-0.2, -0.15) is 5.26 Å². The van der Waals surface area contributed by atoms with Crippen LogP contribution in [0.3, 0.4) is 0 Å². The van der Waals surface area contributed by atoms with Crippen molar-refractivity contribution in [2.75, 3.05) is 18.0 Å². The standard InChI is InChI=1S/C16H14FN3S/c17-13-5-1-2-6-15(13)21-16-12(11-18)14(7-8-19-16)20-9-3-4-10-20/h1-2,5-8H,3-4,9-10H2. The third-order valence-corrected chi connectivity index (χ3v) is 4.55. The Balaban J connectivity index is 1.97. The van der Waals surface area contributed by atoms with Gasteiger partial charge >= 0.3 is 0 Å². The number of aromatic nitrogens is 1. The van der Waals surface area contributed by atoms with Crippen LogP contribution in [0.2, 0.25) is 0 Å². The van der Waals surface area contributed by atoms with Crippen LogP contribution >= 0.6 is 11.8 Å². The Morgan fingerprint density at radius 1 is 1.19 bits per heavy atom. The van der Waals surface area contributed by atoms with E-state index < -0.39 is 0 Å². The molecule has 0 saturated carbocycles. The summed E-state index contributed by atoms with van der Waals surface area (Å²) in [5.74, 6) is -0.292. The van der Waals surface area contributed by atoms with E-state index in [9.17, 15) is 9.65 Å². The number of nitrogens with zero attached hydrogens (tertiary/aromatic N) is 3. The van der Waals surface area contributed by atoms with E-state index in [1.165, 1.54) is 17.8 Å². The number of hydrogen-bond donors (Lipinski definition) is 0. The summed E-state index contributed by atoms with van der Waals surface area (Å²) in [5, 5.41) is 10.0. The molecule has 3 nitrogen and oxygen atoms in total. The summed E-state index contributed by atoms with van der Waals surface area (Å²) in [6, 6.07) is 10.6. The lowest BCUT2D eigenvalue weighted by molar-refractivity contribution is 0.602. The molecule has 2 heterocycles. The summed E-state index contributed by atoms with van der Waals surface area (Å²) in [5.41, 5.74) is 1.44. The average Bonchev–Trinajstić information content (AvgIpc) is 3.03. The van der Waals surface area contributed by atoms with Gasteiger partial charge in [0.25, 0.3) is 0 Å². The summed E-state index contributed by atoms with van der Waals surface area (Å²) in [6.07, 6.45) is 3.98. The summed E-state index contributed by atoms with van der Waals surface area (Å²) in [6.45, 7) is 1.92. The number of nitriles is 1. The first-order valence-electron chi connectivity index (χ1n) is 6.86. The van der Waals surface area contributed by atoms with Crippen LogP contribution in [0.5, 0.6) is 0 Å². The van der Waals surface area contributed by atoms with Crippen molar-refractivity contribution in [2.45, 2.75) is 22.8 Å². The van der Waals surface area contributed by atoms with E-state index in [4.69, 9.17) is 0 Å². The topological polar surface area (TPSA) is 39.9 Å². The number of hydrogen-bond acceptors (Lipinski definition) is 4. The van der Waals surface area contributed by atoms with Gasteiger partial charge in [-0.15, -0.1) is 0 Å². The van der Waals surface area contributed by atoms with E-state index in [2.05, 4.69) is 16.0 Å². The van der Waals surface area contributed by atoms with E-state index in [0.29, 0.717) is 15.5 Å². The van der Waals surface area contributed by atoms with Crippen molar-refractivity contribution in [3.8, 4) is 6.07 Å². The van der Waals surface area contributed by atoms with Crippen molar-refractivity contribution in [2.24, 2.45) is 0 Å². The lowest BCUT2D eigenvalue weighted by Crippen LogP contribution is -2.19. The summed E-state index contributed by atoms with van der Waals surface area (Å²) in [7, 11) is 0. The molecule has 2 aromatic rings. The van der Waals surface area contributed by atoms with Crippen molar-refractivity contribution in [1.29, 1.82) is 5.26 Å². The Kier molecular flexibility index (Phi) is 4.07. The molecule has 1 aliphatic rings. The molecule has 0 N–H and O–H groups in total. The highest BCUT2D eigenvalue weighted by molar-refractivity contribution is 7.99. The lowest BCUT2D eigenvalue weighted by atomic mass is 10.2. The highest BCUT2D eigenvalue weighted by Crippen LogP contribution is 2.35. The van der Waals surface area contributed by atoms with E-state index in [0.717, 1.165) is 31.6 Å². The predicted molar refractivity (Wildman–Crippen MR) is 80.9 cm³/mol. The van der Waals surface area contributed by atoms with Crippen LogP contribution in [0, 0.1) is 17.1 Å². The van der Waals surface area contributed by atoms with E-state index >= 15 is 0 Å². The minimum atomic E-state index is -0.292. The van der Waals surface area contributed by atoms with Gasteiger partial charge in [0.2, 0.25) is 0 Å². The van der Waals surface area contributed by atoms with Gasteiger partial charge in [0, 0.05) is 24.2 Å². The quantitative estimate of drug-likeness (QED) is 0.863. The Morgan fingerprint density at radius 3 is 2.67 bits per heavy atom. The Bertz CT molecular complexity index is 690. The van der Waals surface area contributed by atoms with E-state index in [1.54, 1.807) is 24.4 Å². The summed E-state index contributed by atoms with van der Waals surface area (Å²) in [4.78, 5) is 6.95. The molecule has 1 fully saturated rings. The molecule has 1 aromatic heterocycles. The molecular formula is C16H14FN3S. The number of anilines is 1. The van der Waals surface area contributed by atoms with Gasteiger partial charge in [-0.1, -0.05) is 23.9 Å². The van der Waals surface area contributed by atoms with Gasteiger partial charge in [-0.25, -0.2) is 9.37 Å². The molecule has 1 saturated heterocycles. The van der Waals surface area contributed by atoms with Crippen molar-refractivity contribution >= 4 is 17.4 Å². The number of rotatable bonds is 3. The zero-order valence-corrected chi connectivity index (χ0v) is 12.2. The van der Waals surface area contributed by atoms with Gasteiger partial charge in [0.1, 0.15) is 22.5 Å². The molecule has 1 aliphatic heterocycles. The van der Waals surface area contributed by atoms with Gasteiger partial charge in [0.05, 0.1) is 5.69 Å². The molecule has 106 valence electrons. The lowest BCUT2D eigenvalue weighted by Gasteiger charge is -2.19. The maximum atomic E-state index is 13.8. The molecule has 0 aliphatic carbocycles. The number of halogens is 1. The van der Waals surface area contributed by atoms with Crippen LogP contribution in [0.15, 0.2) is 46.5 Å². The SMILES string of the molecule is N#Cc1c(N2CCCC2)ccnc1Sc1ccccc1F. The average molecular weight is 299 g/mol. The molecule has 1 aromatic carbocycles. The summed E-state index contributed by atoms with van der Waals surface area (Å²) < 4.78 is 13.8. The van der Waals surface area contributed by atoms with Gasteiger partial charge < -0.3 is 4.90 Å². The molecule has 0 amide bonds. The molecule has 21 heavy (non-hydrogen) atoms. The first-order valence-corrected chi connectivity index (χ1v) is 7.67. The molecule has 3 rings (SSSR count). The largest absolute Gasteiger partial charge is 0.370 e. The summed E-state index contributed by atoms with van der Waals surface area (Å²) >= 11 is 1.20. The fourth-order valence-corrected chi connectivity index (χ4v) is 3.35. The van der Waals surface area contributed by atoms with Crippen LogP contribution in [0.25, 0.3) is 0 Å². The van der Waals surface area contributed by atoms with Crippen LogP contribution in [0.4, 0.5) is 10.1 Å². The van der Waals surface area contributed by atoms with E-state index in [-0.39, 0.29) is 5.82 Å². The number of pyridine rings is 1. The number of benzene rings is 1. The first-order chi connectivity index (χ1) is 10.3. The van der Waals surface area contributed by atoms with Gasteiger partial charge in [-0.05, 0) is 31.0 Å². The normalized spacial score (nSPS) is 14.2. The first kappa shape index (κ1) is 13.9. The van der Waals surface area contributed by atoms with Crippen molar-refractivity contribution in [3.05, 3.63) is 47.9 Å². The molecule has 0 spiro atoms. The minimum absolute atomic E-state index is 0.292. The molecule has 5 heteroatoms. The molecule has 0 bridgehead atoms. The van der Waals surface area contributed by atoms with Crippen LogP contribution < -0.4 is 4.90 Å². The highest BCUT2D eigenvalue weighted by Gasteiger charge is 2.19. The molecular weight excluding hydrogens is 285 g/mol. The van der Waals surface area contributed by atoms with Crippen LogP contribution in [-0.2, 0) is 0 Å². The molecule has 0 unspecified atom stereocenters. The van der Waals surface area contributed by atoms with Gasteiger partial charge in [-0.3, -0.25) is 0 Å². The Hall–Kier alpha value is -2.06. The zero-order chi connectivity index (χ0) is 14.7. The molecule has 0 radical (unpaired) electrons. The van der Waals surface area contributed by atoms with Crippen molar-refractivity contribution in [1.82, 2.24) is 4.98 Å². The molecule has 0 atom stereocenters.